The Bertz CT molecular complexity index is 380. The summed E-state index contributed by atoms with van der Waals surface area (Å²) < 4.78 is 13.3. The first-order chi connectivity index (χ1) is 8.22. The van der Waals surface area contributed by atoms with Crippen molar-refractivity contribution < 1.29 is 4.39 Å². The second kappa shape index (κ2) is 5.83. The van der Waals surface area contributed by atoms with E-state index in [1.807, 2.05) is 0 Å². The fraction of sp³-hybridized carbons (Fsp3) is 0.571. The summed E-state index contributed by atoms with van der Waals surface area (Å²) in [6, 6.07) is 5.14. The Kier molecular flexibility index (Phi) is 4.41. The maximum Gasteiger partial charge on any atom is 0.123 e. The quantitative estimate of drug-likeness (QED) is 0.854. The van der Waals surface area contributed by atoms with Crippen LogP contribution in [0.4, 0.5) is 4.39 Å². The molecule has 17 heavy (non-hydrogen) atoms. The van der Waals surface area contributed by atoms with Crippen LogP contribution in [0.3, 0.4) is 0 Å². The standard InChI is InChI=1S/C14H19ClFN/c1-2-8-17-14-5-3-4-11(14)12-9-10(16)6-7-13(12)15/h6-7,9,11,14,17H,2-5,8H2,1H3. The van der Waals surface area contributed by atoms with Crippen molar-refractivity contribution in [1.29, 1.82) is 0 Å². The van der Waals surface area contributed by atoms with Gasteiger partial charge in [-0.25, -0.2) is 4.39 Å². The van der Waals surface area contributed by atoms with Crippen molar-refractivity contribution in [3.8, 4) is 0 Å². The van der Waals surface area contributed by atoms with Gasteiger partial charge in [-0.2, -0.15) is 0 Å². The lowest BCUT2D eigenvalue weighted by Crippen LogP contribution is -2.31. The van der Waals surface area contributed by atoms with E-state index >= 15 is 0 Å². The highest BCUT2D eigenvalue weighted by Crippen LogP contribution is 2.38. The van der Waals surface area contributed by atoms with E-state index in [9.17, 15) is 4.39 Å². The zero-order chi connectivity index (χ0) is 12.3. The van der Waals surface area contributed by atoms with Crippen LogP contribution in [0.5, 0.6) is 0 Å². The van der Waals surface area contributed by atoms with Gasteiger partial charge in [0, 0.05) is 17.0 Å². The smallest absolute Gasteiger partial charge is 0.123 e. The first kappa shape index (κ1) is 12.8. The molecule has 1 aliphatic rings. The first-order valence-electron chi connectivity index (χ1n) is 6.40. The van der Waals surface area contributed by atoms with E-state index in [1.54, 1.807) is 12.1 Å². The maximum absolute atomic E-state index is 13.3. The molecule has 2 rings (SSSR count). The molecule has 2 atom stereocenters. The molecule has 1 aromatic carbocycles. The van der Waals surface area contributed by atoms with Crippen LogP contribution in [-0.2, 0) is 0 Å². The van der Waals surface area contributed by atoms with Gasteiger partial charge < -0.3 is 5.32 Å². The zero-order valence-corrected chi connectivity index (χ0v) is 10.9. The highest BCUT2D eigenvalue weighted by molar-refractivity contribution is 6.31. The molecular formula is C14H19ClFN. The van der Waals surface area contributed by atoms with Gasteiger partial charge in [-0.05, 0) is 49.6 Å². The Morgan fingerprint density at radius 1 is 1.41 bits per heavy atom. The Hall–Kier alpha value is -0.600. The number of benzene rings is 1. The molecule has 3 heteroatoms. The lowest BCUT2D eigenvalue weighted by molar-refractivity contribution is 0.477. The van der Waals surface area contributed by atoms with Crippen LogP contribution in [0.1, 0.15) is 44.1 Å². The second-order valence-corrected chi connectivity index (χ2v) is 5.17. The third-order valence-corrected chi connectivity index (χ3v) is 3.87. The molecule has 1 aromatic rings. The van der Waals surface area contributed by atoms with E-state index in [0.29, 0.717) is 17.0 Å². The van der Waals surface area contributed by atoms with Gasteiger partial charge in [-0.3, -0.25) is 0 Å². The van der Waals surface area contributed by atoms with Crippen LogP contribution in [0.2, 0.25) is 5.02 Å². The average Bonchev–Trinajstić information content (AvgIpc) is 2.77. The molecular weight excluding hydrogens is 237 g/mol. The summed E-state index contributed by atoms with van der Waals surface area (Å²) in [6.45, 7) is 3.18. The van der Waals surface area contributed by atoms with Crippen LogP contribution in [0.15, 0.2) is 18.2 Å². The lowest BCUT2D eigenvalue weighted by atomic mass is 9.94. The van der Waals surface area contributed by atoms with E-state index in [0.717, 1.165) is 31.4 Å². The molecule has 1 saturated carbocycles. The molecule has 2 unspecified atom stereocenters. The van der Waals surface area contributed by atoms with Crippen LogP contribution in [0.25, 0.3) is 0 Å². The van der Waals surface area contributed by atoms with Crippen LogP contribution < -0.4 is 5.32 Å². The zero-order valence-electron chi connectivity index (χ0n) is 10.2. The summed E-state index contributed by atoms with van der Waals surface area (Å²) >= 11 is 6.18. The van der Waals surface area contributed by atoms with Crippen LogP contribution >= 0.6 is 11.6 Å². The monoisotopic (exact) mass is 255 g/mol. The van der Waals surface area contributed by atoms with Crippen molar-refractivity contribution in [3.05, 3.63) is 34.6 Å². The third-order valence-electron chi connectivity index (χ3n) is 3.53. The Morgan fingerprint density at radius 3 is 3.00 bits per heavy atom. The highest BCUT2D eigenvalue weighted by atomic mass is 35.5. The third kappa shape index (κ3) is 2.99. The van der Waals surface area contributed by atoms with Gasteiger partial charge in [-0.15, -0.1) is 0 Å². The molecule has 0 heterocycles. The highest BCUT2D eigenvalue weighted by Gasteiger charge is 2.29. The van der Waals surface area contributed by atoms with Gasteiger partial charge in [0.15, 0.2) is 0 Å². The number of nitrogens with one attached hydrogen (secondary N) is 1. The summed E-state index contributed by atoms with van der Waals surface area (Å²) in [5, 5.41) is 4.24. The number of rotatable bonds is 4. The second-order valence-electron chi connectivity index (χ2n) is 4.76. The molecule has 0 spiro atoms. The Balaban J connectivity index is 2.16. The number of hydrogen-bond acceptors (Lipinski definition) is 1. The number of hydrogen-bond donors (Lipinski definition) is 1. The van der Waals surface area contributed by atoms with E-state index < -0.39 is 0 Å². The molecule has 1 N–H and O–H groups in total. The average molecular weight is 256 g/mol. The van der Waals surface area contributed by atoms with Crippen molar-refractivity contribution >= 4 is 11.6 Å². The lowest BCUT2D eigenvalue weighted by Gasteiger charge is -2.22. The van der Waals surface area contributed by atoms with Gasteiger partial charge in [-0.1, -0.05) is 24.9 Å². The molecule has 0 aromatic heterocycles. The van der Waals surface area contributed by atoms with Gasteiger partial charge in [0.05, 0.1) is 0 Å². The molecule has 0 saturated heterocycles. The summed E-state index contributed by atoms with van der Waals surface area (Å²) in [5.74, 6) is 0.176. The summed E-state index contributed by atoms with van der Waals surface area (Å²) in [5.41, 5.74) is 0.970. The van der Waals surface area contributed by atoms with Crippen molar-refractivity contribution in [2.24, 2.45) is 0 Å². The Labute approximate surface area is 107 Å². The van der Waals surface area contributed by atoms with E-state index in [-0.39, 0.29) is 5.82 Å². The molecule has 0 radical (unpaired) electrons. The minimum atomic E-state index is -0.189. The summed E-state index contributed by atoms with van der Waals surface area (Å²) in [4.78, 5) is 0. The molecule has 0 amide bonds. The predicted octanol–water partition coefficient (Wildman–Crippen LogP) is 4.11. The summed E-state index contributed by atoms with van der Waals surface area (Å²) in [6.07, 6.45) is 4.58. The topological polar surface area (TPSA) is 12.0 Å². The number of halogens is 2. The minimum Gasteiger partial charge on any atom is -0.313 e. The first-order valence-corrected chi connectivity index (χ1v) is 6.78. The normalized spacial score (nSPS) is 24.2. The predicted molar refractivity (Wildman–Crippen MR) is 70.1 cm³/mol. The van der Waals surface area contributed by atoms with Gasteiger partial charge in [0.25, 0.3) is 0 Å². The molecule has 0 aliphatic heterocycles. The Morgan fingerprint density at radius 2 is 2.24 bits per heavy atom. The van der Waals surface area contributed by atoms with E-state index in [4.69, 9.17) is 11.6 Å². The van der Waals surface area contributed by atoms with Crippen LogP contribution in [-0.4, -0.2) is 12.6 Å². The van der Waals surface area contributed by atoms with Crippen molar-refractivity contribution in [1.82, 2.24) is 5.32 Å². The SMILES string of the molecule is CCCNC1CCCC1c1cc(F)ccc1Cl. The van der Waals surface area contributed by atoms with E-state index in [2.05, 4.69) is 12.2 Å². The largest absolute Gasteiger partial charge is 0.313 e. The maximum atomic E-state index is 13.3. The van der Waals surface area contributed by atoms with Gasteiger partial charge in [0.1, 0.15) is 5.82 Å². The molecule has 1 aliphatic carbocycles. The van der Waals surface area contributed by atoms with E-state index in [1.165, 1.54) is 12.5 Å². The molecule has 1 nitrogen and oxygen atoms in total. The molecule has 0 bridgehead atoms. The minimum absolute atomic E-state index is 0.189. The van der Waals surface area contributed by atoms with Gasteiger partial charge >= 0.3 is 0 Å². The fourth-order valence-electron chi connectivity index (χ4n) is 2.71. The summed E-state index contributed by atoms with van der Waals surface area (Å²) in [7, 11) is 0. The molecule has 94 valence electrons. The van der Waals surface area contributed by atoms with Crippen molar-refractivity contribution in [2.75, 3.05) is 6.54 Å². The molecule has 1 fully saturated rings. The van der Waals surface area contributed by atoms with Crippen molar-refractivity contribution in [3.63, 3.8) is 0 Å². The fourth-order valence-corrected chi connectivity index (χ4v) is 2.96. The van der Waals surface area contributed by atoms with Crippen molar-refractivity contribution in [2.45, 2.75) is 44.6 Å². The van der Waals surface area contributed by atoms with Gasteiger partial charge in [0.2, 0.25) is 0 Å². The van der Waals surface area contributed by atoms with Crippen LogP contribution in [0, 0.1) is 5.82 Å².